The number of carbonyl (C=O) groups excluding carboxylic acids is 1. The first-order valence-electron chi connectivity index (χ1n) is 5.17. The van der Waals surface area contributed by atoms with Gasteiger partial charge in [-0.2, -0.15) is 0 Å². The number of hydrogen-bond acceptors (Lipinski definition) is 4. The highest BCUT2D eigenvalue weighted by molar-refractivity contribution is 7.79. The molecule has 7 nitrogen and oxygen atoms in total. The third kappa shape index (κ3) is 5.57. The van der Waals surface area contributed by atoms with Gasteiger partial charge in [0.15, 0.2) is 11.1 Å². The molecule has 17 heavy (non-hydrogen) atoms. The van der Waals surface area contributed by atoms with Gasteiger partial charge in [-0.3, -0.25) is 4.79 Å². The molecular weight excluding hydrogens is 244 g/mol. The first-order chi connectivity index (χ1) is 8.09. The van der Waals surface area contributed by atoms with Gasteiger partial charge in [-0.1, -0.05) is 0 Å². The molecule has 0 spiro atoms. The first-order valence-corrected chi connectivity index (χ1v) is 6.45. The number of aromatic nitrogens is 2. The maximum absolute atomic E-state index is 11.5. The molecule has 0 radical (unpaired) electrons. The minimum Gasteiger partial charge on any atom is -0.355 e. The Morgan fingerprint density at radius 3 is 3.06 bits per heavy atom. The maximum atomic E-state index is 11.5. The van der Waals surface area contributed by atoms with Crippen LogP contribution in [0.3, 0.4) is 0 Å². The third-order valence-corrected chi connectivity index (χ3v) is 2.76. The predicted molar refractivity (Wildman–Crippen MR) is 63.5 cm³/mol. The smallest absolute Gasteiger partial charge is 0.237 e. The molecule has 5 N–H and O–H groups in total. The molecule has 0 aliphatic carbocycles. The predicted octanol–water partition coefficient (Wildman–Crippen LogP) is -0.992. The summed E-state index contributed by atoms with van der Waals surface area (Å²) in [4.78, 5) is 18.2. The highest BCUT2D eigenvalue weighted by Gasteiger charge is 2.13. The van der Waals surface area contributed by atoms with Crippen molar-refractivity contribution in [2.45, 2.75) is 18.9 Å². The van der Waals surface area contributed by atoms with Gasteiger partial charge in [0.05, 0.1) is 18.1 Å². The Labute approximate surface area is 101 Å². The molecule has 0 saturated carbocycles. The summed E-state index contributed by atoms with van der Waals surface area (Å²) in [6.45, 7) is 0.349. The monoisotopic (exact) mass is 260 g/mol. The molecule has 2 atom stereocenters. The van der Waals surface area contributed by atoms with Crippen LogP contribution in [0.1, 0.15) is 12.1 Å². The highest BCUT2D eigenvalue weighted by Crippen LogP contribution is 1.96. The van der Waals surface area contributed by atoms with Crippen molar-refractivity contribution in [1.82, 2.24) is 15.3 Å². The van der Waals surface area contributed by atoms with Crippen molar-refractivity contribution < 1.29 is 13.6 Å². The van der Waals surface area contributed by atoms with Crippen LogP contribution in [0.4, 0.5) is 0 Å². The fourth-order valence-electron chi connectivity index (χ4n) is 1.26. The molecule has 0 bridgehead atoms. The molecule has 1 aromatic heterocycles. The lowest BCUT2D eigenvalue weighted by Gasteiger charge is -2.10. The van der Waals surface area contributed by atoms with Crippen molar-refractivity contribution in [2.75, 3.05) is 12.3 Å². The van der Waals surface area contributed by atoms with Crippen molar-refractivity contribution in [3.63, 3.8) is 0 Å². The zero-order chi connectivity index (χ0) is 12.7. The van der Waals surface area contributed by atoms with E-state index in [9.17, 15) is 9.00 Å². The van der Waals surface area contributed by atoms with E-state index >= 15 is 0 Å². The zero-order valence-corrected chi connectivity index (χ0v) is 10.1. The topological polar surface area (TPSA) is 121 Å². The zero-order valence-electron chi connectivity index (χ0n) is 9.26. The molecule has 8 heteroatoms. The average Bonchev–Trinajstić information content (AvgIpc) is 2.76. The van der Waals surface area contributed by atoms with Crippen molar-refractivity contribution in [3.8, 4) is 0 Å². The summed E-state index contributed by atoms with van der Waals surface area (Å²) in [5.74, 6) is -0.126. The van der Waals surface area contributed by atoms with Crippen LogP contribution in [0.5, 0.6) is 0 Å². The van der Waals surface area contributed by atoms with E-state index in [2.05, 4.69) is 15.3 Å². The molecule has 1 rings (SSSR count). The van der Waals surface area contributed by atoms with E-state index in [1.54, 1.807) is 6.20 Å². The number of amides is 1. The Hall–Kier alpha value is -1.25. The minimum atomic E-state index is -1.81. The van der Waals surface area contributed by atoms with Crippen molar-refractivity contribution in [3.05, 3.63) is 18.2 Å². The lowest BCUT2D eigenvalue weighted by Crippen LogP contribution is -2.42. The van der Waals surface area contributed by atoms with E-state index in [0.717, 1.165) is 5.69 Å². The Bertz CT molecular complexity index is 368. The van der Waals surface area contributed by atoms with Crippen LogP contribution in [0.2, 0.25) is 0 Å². The average molecular weight is 260 g/mol. The standard InChI is InChI=1S/C9H16N4O3S/c10-8(4-7-5-11-6-13-7)9(14)12-2-1-3-17(15)16/h5-6,8H,1-4,10H2,(H,11,13)(H,12,14)(H,15,16)/t8-/m0/s1. The van der Waals surface area contributed by atoms with E-state index in [0.29, 0.717) is 19.4 Å². The lowest BCUT2D eigenvalue weighted by molar-refractivity contribution is -0.122. The van der Waals surface area contributed by atoms with E-state index < -0.39 is 17.1 Å². The summed E-state index contributed by atoms with van der Waals surface area (Å²) in [5.41, 5.74) is 6.48. The summed E-state index contributed by atoms with van der Waals surface area (Å²) in [6.07, 6.45) is 3.97. The summed E-state index contributed by atoms with van der Waals surface area (Å²) < 4.78 is 18.9. The van der Waals surface area contributed by atoms with E-state index in [4.69, 9.17) is 10.3 Å². The highest BCUT2D eigenvalue weighted by atomic mass is 32.2. The number of aromatic amines is 1. The molecule has 0 fully saturated rings. The van der Waals surface area contributed by atoms with Gasteiger partial charge in [-0.15, -0.1) is 0 Å². The number of imidazole rings is 1. The first kappa shape index (κ1) is 13.8. The van der Waals surface area contributed by atoms with Gasteiger partial charge in [0, 0.05) is 24.9 Å². The molecule has 0 aliphatic rings. The molecule has 0 aliphatic heterocycles. The molecule has 0 aromatic carbocycles. The molecule has 1 aromatic rings. The molecule has 1 amide bonds. The van der Waals surface area contributed by atoms with Crippen LogP contribution in [-0.2, 0) is 22.3 Å². The number of nitrogens with zero attached hydrogens (tertiary/aromatic N) is 1. The van der Waals surface area contributed by atoms with Crippen LogP contribution < -0.4 is 11.1 Å². The number of carbonyl (C=O) groups is 1. The third-order valence-electron chi connectivity index (χ3n) is 2.13. The van der Waals surface area contributed by atoms with Crippen LogP contribution in [-0.4, -0.2) is 43.0 Å². The number of hydrogen-bond donors (Lipinski definition) is 4. The van der Waals surface area contributed by atoms with Crippen LogP contribution in [0.15, 0.2) is 12.5 Å². The van der Waals surface area contributed by atoms with E-state index in [-0.39, 0.29) is 11.7 Å². The lowest BCUT2D eigenvalue weighted by atomic mass is 10.1. The minimum absolute atomic E-state index is 0.149. The maximum Gasteiger partial charge on any atom is 0.237 e. The summed E-state index contributed by atoms with van der Waals surface area (Å²) in [5, 5.41) is 2.61. The summed E-state index contributed by atoms with van der Waals surface area (Å²) >= 11 is -1.81. The normalized spacial score (nSPS) is 14.2. The van der Waals surface area contributed by atoms with E-state index in [1.807, 2.05) is 0 Å². The molecule has 1 unspecified atom stereocenters. The Balaban J connectivity index is 2.20. The summed E-state index contributed by atoms with van der Waals surface area (Å²) in [6, 6.07) is -0.643. The van der Waals surface area contributed by atoms with Gasteiger partial charge in [0.1, 0.15) is 0 Å². The van der Waals surface area contributed by atoms with E-state index in [1.165, 1.54) is 6.33 Å². The van der Waals surface area contributed by atoms with Gasteiger partial charge in [0.25, 0.3) is 0 Å². The Morgan fingerprint density at radius 2 is 2.47 bits per heavy atom. The Morgan fingerprint density at radius 1 is 1.71 bits per heavy atom. The SMILES string of the molecule is N[C@@H](Cc1cnc[nH]1)C(=O)NCCCS(=O)O. The second kappa shape index (κ2) is 7.15. The Kier molecular flexibility index (Phi) is 5.81. The summed E-state index contributed by atoms with van der Waals surface area (Å²) in [7, 11) is 0. The largest absolute Gasteiger partial charge is 0.355 e. The number of H-pyrrole nitrogens is 1. The number of nitrogens with two attached hydrogens (primary N) is 1. The molecular formula is C9H16N4O3S. The van der Waals surface area contributed by atoms with Gasteiger partial charge >= 0.3 is 0 Å². The second-order valence-electron chi connectivity index (χ2n) is 3.56. The van der Waals surface area contributed by atoms with Crippen molar-refractivity contribution >= 4 is 17.0 Å². The fraction of sp³-hybridized carbons (Fsp3) is 0.556. The van der Waals surface area contributed by atoms with Crippen LogP contribution in [0, 0.1) is 0 Å². The quantitative estimate of drug-likeness (QED) is 0.370. The van der Waals surface area contributed by atoms with Gasteiger partial charge in [0.2, 0.25) is 5.91 Å². The number of nitrogens with one attached hydrogen (secondary N) is 2. The van der Waals surface area contributed by atoms with Crippen LogP contribution in [0.25, 0.3) is 0 Å². The van der Waals surface area contributed by atoms with Gasteiger partial charge in [-0.25, -0.2) is 9.19 Å². The second-order valence-corrected chi connectivity index (χ2v) is 4.61. The molecule has 96 valence electrons. The molecule has 0 saturated heterocycles. The molecule has 1 heterocycles. The number of rotatable bonds is 7. The van der Waals surface area contributed by atoms with Crippen molar-refractivity contribution in [2.24, 2.45) is 5.73 Å². The van der Waals surface area contributed by atoms with Crippen molar-refractivity contribution in [1.29, 1.82) is 0 Å². The van der Waals surface area contributed by atoms with Gasteiger partial charge in [-0.05, 0) is 6.42 Å². The van der Waals surface area contributed by atoms with Crippen LogP contribution >= 0.6 is 0 Å². The fourth-order valence-corrected chi connectivity index (χ4v) is 1.66. The van der Waals surface area contributed by atoms with Gasteiger partial charge < -0.3 is 20.6 Å².